The van der Waals surface area contributed by atoms with Gasteiger partial charge in [-0.3, -0.25) is 14.6 Å². The molecule has 2 saturated heterocycles. The molecule has 4 rings (SSSR count). The van der Waals surface area contributed by atoms with E-state index < -0.39 is 0 Å². The van der Waals surface area contributed by atoms with E-state index in [0.29, 0.717) is 24.4 Å². The van der Waals surface area contributed by atoms with Gasteiger partial charge in [-0.2, -0.15) is 5.10 Å². The van der Waals surface area contributed by atoms with Gasteiger partial charge in [-0.05, 0) is 30.7 Å². The number of hydrogen-bond donors (Lipinski definition) is 1. The quantitative estimate of drug-likeness (QED) is 0.756. The van der Waals surface area contributed by atoms with Gasteiger partial charge in [0.15, 0.2) is 0 Å². The van der Waals surface area contributed by atoms with E-state index in [2.05, 4.69) is 64.4 Å². The Balaban J connectivity index is 1.27. The number of hydrogen-bond acceptors (Lipinski definition) is 4. The second-order valence-electron chi connectivity index (χ2n) is 9.24. The molecule has 1 aromatic carbocycles. The molecule has 162 valence electrons. The summed E-state index contributed by atoms with van der Waals surface area (Å²) in [5, 5.41) is 7.58. The summed E-state index contributed by atoms with van der Waals surface area (Å²) in [6.45, 7) is 9.75. The van der Waals surface area contributed by atoms with Gasteiger partial charge in [-0.25, -0.2) is 4.68 Å². The van der Waals surface area contributed by atoms with Crippen LogP contribution >= 0.6 is 0 Å². The molecule has 1 amide bonds. The molecule has 2 aliphatic rings. The number of likely N-dealkylation sites (tertiary alicyclic amines) is 2. The smallest absolute Gasteiger partial charge is 0.225 e. The number of benzene rings is 1. The van der Waals surface area contributed by atoms with Crippen LogP contribution in [0, 0.1) is 5.92 Å². The van der Waals surface area contributed by atoms with Crippen molar-refractivity contribution >= 4 is 11.7 Å². The Kier molecular flexibility index (Phi) is 6.85. The van der Waals surface area contributed by atoms with E-state index in [0.717, 1.165) is 44.8 Å². The van der Waals surface area contributed by atoms with E-state index >= 15 is 0 Å². The molecule has 2 fully saturated rings. The molecular weight excluding hydrogens is 374 g/mol. The molecule has 0 bridgehead atoms. The minimum atomic E-state index is 0.0775. The molecule has 6 heteroatoms. The first kappa shape index (κ1) is 21.1. The standard InChI is InChI=1S/C24H35N5O/c1-19(2)16-24(30)26-23-8-12-25-29(23)21-10-14-28(15-11-21)22-9-13-27(18-22)17-20-6-4-3-5-7-20/h3-8,12,19,21-22H,9-11,13-18H2,1-2H3,(H,26,30). The lowest BCUT2D eigenvalue weighted by molar-refractivity contribution is -0.116. The molecule has 1 unspecified atom stereocenters. The predicted octanol–water partition coefficient (Wildman–Crippen LogP) is 3.78. The molecule has 1 N–H and O–H groups in total. The van der Waals surface area contributed by atoms with Gasteiger partial charge in [-0.15, -0.1) is 0 Å². The Morgan fingerprint density at radius 3 is 2.53 bits per heavy atom. The van der Waals surface area contributed by atoms with Crippen LogP contribution in [0.3, 0.4) is 0 Å². The minimum Gasteiger partial charge on any atom is -0.311 e. The van der Waals surface area contributed by atoms with E-state index in [-0.39, 0.29) is 5.91 Å². The number of piperidine rings is 1. The number of anilines is 1. The second-order valence-corrected chi connectivity index (χ2v) is 9.24. The van der Waals surface area contributed by atoms with Gasteiger partial charge in [0, 0.05) is 51.3 Å². The Morgan fingerprint density at radius 2 is 1.80 bits per heavy atom. The van der Waals surface area contributed by atoms with Crippen molar-refractivity contribution in [3.8, 4) is 0 Å². The number of carbonyl (C=O) groups excluding carboxylic acids is 1. The van der Waals surface area contributed by atoms with Crippen molar-refractivity contribution in [2.45, 2.75) is 58.2 Å². The number of nitrogens with zero attached hydrogens (tertiary/aromatic N) is 4. The molecule has 0 aliphatic carbocycles. The maximum Gasteiger partial charge on any atom is 0.225 e. The minimum absolute atomic E-state index is 0.0775. The third-order valence-electron chi connectivity index (χ3n) is 6.39. The normalized spacial score (nSPS) is 21.4. The van der Waals surface area contributed by atoms with Crippen LogP contribution in [0.5, 0.6) is 0 Å². The van der Waals surface area contributed by atoms with Crippen LogP contribution in [0.15, 0.2) is 42.6 Å². The highest BCUT2D eigenvalue weighted by molar-refractivity contribution is 5.89. The number of aromatic nitrogens is 2. The van der Waals surface area contributed by atoms with Crippen molar-refractivity contribution in [2.75, 3.05) is 31.5 Å². The molecule has 6 nitrogen and oxygen atoms in total. The van der Waals surface area contributed by atoms with Gasteiger partial charge in [0.05, 0.1) is 12.2 Å². The average Bonchev–Trinajstić information content (AvgIpc) is 3.38. The SMILES string of the molecule is CC(C)CC(=O)Nc1ccnn1C1CCN(C2CCN(Cc3ccccc3)C2)CC1. The molecule has 2 aliphatic heterocycles. The van der Waals surface area contributed by atoms with Gasteiger partial charge in [-0.1, -0.05) is 44.2 Å². The first-order chi connectivity index (χ1) is 14.6. The van der Waals surface area contributed by atoms with Gasteiger partial charge >= 0.3 is 0 Å². The van der Waals surface area contributed by atoms with Crippen molar-refractivity contribution in [1.29, 1.82) is 0 Å². The highest BCUT2D eigenvalue weighted by atomic mass is 16.1. The largest absolute Gasteiger partial charge is 0.311 e. The summed E-state index contributed by atoms with van der Waals surface area (Å²) in [5.74, 6) is 1.28. The van der Waals surface area contributed by atoms with E-state index in [9.17, 15) is 4.79 Å². The van der Waals surface area contributed by atoms with E-state index in [1.165, 1.54) is 18.5 Å². The van der Waals surface area contributed by atoms with Crippen molar-refractivity contribution < 1.29 is 4.79 Å². The second kappa shape index (κ2) is 9.75. The molecule has 3 heterocycles. The van der Waals surface area contributed by atoms with Crippen molar-refractivity contribution in [3.05, 3.63) is 48.2 Å². The van der Waals surface area contributed by atoms with Crippen molar-refractivity contribution in [1.82, 2.24) is 19.6 Å². The van der Waals surface area contributed by atoms with Gasteiger partial charge < -0.3 is 5.32 Å². The van der Waals surface area contributed by atoms with Gasteiger partial charge in [0.1, 0.15) is 5.82 Å². The zero-order chi connectivity index (χ0) is 20.9. The highest BCUT2D eigenvalue weighted by Gasteiger charge is 2.31. The van der Waals surface area contributed by atoms with Crippen LogP contribution < -0.4 is 5.32 Å². The first-order valence-corrected chi connectivity index (χ1v) is 11.4. The summed E-state index contributed by atoms with van der Waals surface area (Å²) in [4.78, 5) is 17.4. The summed E-state index contributed by atoms with van der Waals surface area (Å²) in [6, 6.07) is 13.7. The summed E-state index contributed by atoms with van der Waals surface area (Å²) < 4.78 is 2.03. The fraction of sp³-hybridized carbons (Fsp3) is 0.583. The molecule has 1 aromatic heterocycles. The number of rotatable bonds is 7. The Morgan fingerprint density at radius 1 is 1.07 bits per heavy atom. The Hall–Kier alpha value is -2.18. The van der Waals surface area contributed by atoms with Crippen LogP contribution in [-0.4, -0.2) is 57.7 Å². The van der Waals surface area contributed by atoms with E-state index in [1.807, 2.05) is 10.7 Å². The monoisotopic (exact) mass is 409 g/mol. The van der Waals surface area contributed by atoms with E-state index in [1.54, 1.807) is 6.20 Å². The zero-order valence-corrected chi connectivity index (χ0v) is 18.3. The number of amides is 1. The number of carbonyl (C=O) groups is 1. The van der Waals surface area contributed by atoms with E-state index in [4.69, 9.17) is 0 Å². The maximum atomic E-state index is 12.2. The predicted molar refractivity (Wildman–Crippen MR) is 120 cm³/mol. The fourth-order valence-electron chi connectivity index (χ4n) is 4.86. The first-order valence-electron chi connectivity index (χ1n) is 11.4. The molecule has 2 aromatic rings. The molecule has 0 saturated carbocycles. The van der Waals surface area contributed by atoms with Crippen LogP contribution in [0.4, 0.5) is 5.82 Å². The molecular formula is C24H35N5O. The lowest BCUT2D eigenvalue weighted by Gasteiger charge is -2.36. The summed E-state index contributed by atoms with van der Waals surface area (Å²) in [7, 11) is 0. The third-order valence-corrected chi connectivity index (χ3v) is 6.39. The Bertz CT molecular complexity index is 810. The van der Waals surface area contributed by atoms with Crippen molar-refractivity contribution in [2.24, 2.45) is 5.92 Å². The maximum absolute atomic E-state index is 12.2. The van der Waals surface area contributed by atoms with Crippen LogP contribution in [0.25, 0.3) is 0 Å². The zero-order valence-electron chi connectivity index (χ0n) is 18.3. The lowest BCUT2D eigenvalue weighted by atomic mass is 10.0. The average molecular weight is 410 g/mol. The molecule has 0 spiro atoms. The fourth-order valence-corrected chi connectivity index (χ4v) is 4.86. The topological polar surface area (TPSA) is 53.4 Å². The molecule has 1 atom stereocenters. The highest BCUT2D eigenvalue weighted by Crippen LogP contribution is 2.29. The Labute approximate surface area is 180 Å². The van der Waals surface area contributed by atoms with Crippen LogP contribution in [-0.2, 0) is 11.3 Å². The third kappa shape index (κ3) is 5.29. The summed E-state index contributed by atoms with van der Waals surface area (Å²) in [5.41, 5.74) is 1.41. The summed E-state index contributed by atoms with van der Waals surface area (Å²) in [6.07, 6.45) is 5.78. The lowest BCUT2D eigenvalue weighted by Crippen LogP contribution is -2.43. The van der Waals surface area contributed by atoms with Crippen LogP contribution in [0.1, 0.15) is 51.1 Å². The summed E-state index contributed by atoms with van der Waals surface area (Å²) >= 11 is 0. The van der Waals surface area contributed by atoms with Gasteiger partial charge in [0.25, 0.3) is 0 Å². The van der Waals surface area contributed by atoms with Crippen molar-refractivity contribution in [3.63, 3.8) is 0 Å². The van der Waals surface area contributed by atoms with Crippen LogP contribution in [0.2, 0.25) is 0 Å². The number of nitrogens with one attached hydrogen (secondary N) is 1. The van der Waals surface area contributed by atoms with Gasteiger partial charge in [0.2, 0.25) is 5.91 Å². The molecule has 0 radical (unpaired) electrons. The molecule has 30 heavy (non-hydrogen) atoms.